The van der Waals surface area contributed by atoms with Gasteiger partial charge in [0.15, 0.2) is 0 Å². The van der Waals surface area contributed by atoms with Crippen molar-refractivity contribution in [3.05, 3.63) is 0 Å². The van der Waals surface area contributed by atoms with Crippen molar-refractivity contribution in [3.8, 4) is 0 Å². The lowest BCUT2D eigenvalue weighted by Gasteiger charge is -2.08. The van der Waals surface area contributed by atoms with Crippen molar-refractivity contribution in [2.45, 2.75) is 12.6 Å². The van der Waals surface area contributed by atoms with E-state index in [1.807, 2.05) is 0 Å². The van der Waals surface area contributed by atoms with Crippen LogP contribution < -0.4 is 0 Å². The van der Waals surface area contributed by atoms with Crippen LogP contribution in [0.25, 0.3) is 0 Å². The Morgan fingerprint density at radius 3 is 1.23 bits per heavy atom. The molecule has 0 spiro atoms. The van der Waals surface area contributed by atoms with Gasteiger partial charge in [0.25, 0.3) is 6.48 Å². The standard InChI is InChI=1S/C4H10O3.C3H8O3/c1-5-4(6-2)7-3;4-1-3(6)2-5/h4H,1-3H3;3-6H,1-2H2. The molecule has 0 fully saturated rings. The highest BCUT2D eigenvalue weighted by molar-refractivity contribution is 4.43. The van der Waals surface area contributed by atoms with Crippen LogP contribution in [0.2, 0.25) is 0 Å². The minimum Gasteiger partial charge on any atom is -0.394 e. The first-order chi connectivity index (χ1) is 6.15. The van der Waals surface area contributed by atoms with Crippen LogP contribution in [0.5, 0.6) is 0 Å². The van der Waals surface area contributed by atoms with Crippen molar-refractivity contribution in [3.63, 3.8) is 0 Å². The zero-order valence-electron chi connectivity index (χ0n) is 8.14. The molecule has 0 aliphatic heterocycles. The Labute approximate surface area is 77.7 Å². The molecule has 0 bridgehead atoms. The molecule has 0 aliphatic carbocycles. The monoisotopic (exact) mass is 198 g/mol. The van der Waals surface area contributed by atoms with E-state index in [1.165, 1.54) is 21.3 Å². The molecule has 0 atom stereocenters. The van der Waals surface area contributed by atoms with Gasteiger partial charge in [0, 0.05) is 21.3 Å². The molecule has 0 aromatic rings. The number of methoxy groups -OCH3 is 3. The van der Waals surface area contributed by atoms with Crippen LogP contribution in [-0.2, 0) is 14.2 Å². The van der Waals surface area contributed by atoms with Gasteiger partial charge in [-0.1, -0.05) is 0 Å². The average molecular weight is 198 g/mol. The van der Waals surface area contributed by atoms with E-state index in [0.29, 0.717) is 0 Å². The van der Waals surface area contributed by atoms with Crippen molar-refractivity contribution in [2.75, 3.05) is 34.5 Å². The molecule has 0 aromatic carbocycles. The molecule has 0 rings (SSSR count). The molecule has 0 radical (unpaired) electrons. The summed E-state index contributed by atoms with van der Waals surface area (Å²) in [4.78, 5) is 0. The minimum absolute atomic E-state index is 0.365. The highest BCUT2D eigenvalue weighted by Gasteiger charge is 1.97. The zero-order chi connectivity index (χ0) is 10.7. The summed E-state index contributed by atoms with van der Waals surface area (Å²) >= 11 is 0. The van der Waals surface area contributed by atoms with Crippen LogP contribution in [0.15, 0.2) is 0 Å². The Hall–Kier alpha value is -0.240. The summed E-state index contributed by atoms with van der Waals surface area (Å²) in [5, 5.41) is 24.0. The normalized spacial score (nSPS) is 10.2. The summed E-state index contributed by atoms with van der Waals surface area (Å²) in [6.45, 7) is -1.24. The second kappa shape index (κ2) is 11.8. The summed E-state index contributed by atoms with van der Waals surface area (Å²) in [5.41, 5.74) is 0. The van der Waals surface area contributed by atoms with Gasteiger partial charge in [-0.2, -0.15) is 0 Å². The zero-order valence-corrected chi connectivity index (χ0v) is 8.14. The Morgan fingerprint density at radius 1 is 0.923 bits per heavy atom. The van der Waals surface area contributed by atoms with Crippen molar-refractivity contribution < 1.29 is 29.5 Å². The van der Waals surface area contributed by atoms with E-state index in [4.69, 9.17) is 15.3 Å². The van der Waals surface area contributed by atoms with E-state index < -0.39 is 12.6 Å². The molecule has 82 valence electrons. The van der Waals surface area contributed by atoms with Crippen LogP contribution in [0.4, 0.5) is 0 Å². The lowest BCUT2D eigenvalue weighted by atomic mass is 10.4. The lowest BCUT2D eigenvalue weighted by Crippen LogP contribution is -2.15. The summed E-state index contributed by atoms with van der Waals surface area (Å²) < 4.78 is 13.8. The number of aliphatic hydroxyl groups is 3. The van der Waals surface area contributed by atoms with E-state index in [0.717, 1.165) is 0 Å². The van der Waals surface area contributed by atoms with Gasteiger partial charge in [-0.3, -0.25) is 0 Å². The van der Waals surface area contributed by atoms with Crippen LogP contribution in [0.3, 0.4) is 0 Å². The van der Waals surface area contributed by atoms with E-state index in [1.54, 1.807) is 0 Å². The fraction of sp³-hybridized carbons (Fsp3) is 1.00. The maximum Gasteiger partial charge on any atom is 0.270 e. The van der Waals surface area contributed by atoms with E-state index >= 15 is 0 Å². The Balaban J connectivity index is 0. The van der Waals surface area contributed by atoms with Gasteiger partial charge >= 0.3 is 0 Å². The van der Waals surface area contributed by atoms with Crippen LogP contribution in [0.1, 0.15) is 0 Å². The van der Waals surface area contributed by atoms with Crippen LogP contribution in [-0.4, -0.2) is 62.4 Å². The van der Waals surface area contributed by atoms with Gasteiger partial charge in [0.1, 0.15) is 6.10 Å². The fourth-order valence-electron chi connectivity index (χ4n) is 0.346. The highest BCUT2D eigenvalue weighted by atomic mass is 16.8. The molecule has 0 saturated heterocycles. The molecule has 0 unspecified atom stereocenters. The molecular formula is C7H18O6. The second-order valence-corrected chi connectivity index (χ2v) is 2.01. The van der Waals surface area contributed by atoms with E-state index in [2.05, 4.69) is 14.2 Å². The fourth-order valence-corrected chi connectivity index (χ4v) is 0.346. The van der Waals surface area contributed by atoms with Gasteiger partial charge in [-0.25, -0.2) is 0 Å². The summed E-state index contributed by atoms with van der Waals surface area (Å²) in [7, 11) is 4.53. The highest BCUT2D eigenvalue weighted by Crippen LogP contribution is 1.87. The Kier molecular flexibility index (Phi) is 13.8. The first-order valence-electron chi connectivity index (χ1n) is 3.64. The third kappa shape index (κ3) is 11.8. The number of aliphatic hydroxyl groups excluding tert-OH is 3. The number of hydrogen-bond acceptors (Lipinski definition) is 6. The molecule has 3 N–H and O–H groups in total. The van der Waals surface area contributed by atoms with Gasteiger partial charge in [-0.05, 0) is 0 Å². The molecule has 0 aliphatic rings. The largest absolute Gasteiger partial charge is 0.394 e. The first-order valence-corrected chi connectivity index (χ1v) is 3.64. The molecule has 0 aromatic heterocycles. The average Bonchev–Trinajstić information content (AvgIpc) is 2.20. The molecule has 6 nitrogen and oxygen atoms in total. The van der Waals surface area contributed by atoms with Crippen molar-refractivity contribution in [1.29, 1.82) is 0 Å². The molecule has 0 heterocycles. The third-order valence-electron chi connectivity index (χ3n) is 0.999. The van der Waals surface area contributed by atoms with Gasteiger partial charge in [-0.15, -0.1) is 0 Å². The number of rotatable bonds is 5. The molecule has 13 heavy (non-hydrogen) atoms. The van der Waals surface area contributed by atoms with Crippen molar-refractivity contribution >= 4 is 0 Å². The van der Waals surface area contributed by atoms with E-state index in [-0.39, 0.29) is 13.2 Å². The van der Waals surface area contributed by atoms with Crippen LogP contribution >= 0.6 is 0 Å². The maximum absolute atomic E-state index is 8.17. The predicted octanol–water partition coefficient (Wildman–Crippen LogP) is -1.46. The minimum atomic E-state index is -0.954. The smallest absolute Gasteiger partial charge is 0.270 e. The van der Waals surface area contributed by atoms with E-state index in [9.17, 15) is 0 Å². The number of hydrogen-bond donors (Lipinski definition) is 3. The predicted molar refractivity (Wildman–Crippen MR) is 45.0 cm³/mol. The quantitative estimate of drug-likeness (QED) is 0.468. The summed E-state index contributed by atoms with van der Waals surface area (Å²) in [6, 6.07) is 0. The van der Waals surface area contributed by atoms with Gasteiger partial charge < -0.3 is 29.5 Å². The molecular weight excluding hydrogens is 180 g/mol. The molecule has 0 amide bonds. The second-order valence-electron chi connectivity index (χ2n) is 2.01. The van der Waals surface area contributed by atoms with Gasteiger partial charge in [0.05, 0.1) is 13.2 Å². The Morgan fingerprint density at radius 2 is 1.23 bits per heavy atom. The number of ether oxygens (including phenoxy) is 3. The molecule has 0 saturated carbocycles. The SMILES string of the molecule is COC(OC)OC.OCC(O)CO. The van der Waals surface area contributed by atoms with Crippen molar-refractivity contribution in [1.82, 2.24) is 0 Å². The van der Waals surface area contributed by atoms with Crippen molar-refractivity contribution in [2.24, 2.45) is 0 Å². The maximum atomic E-state index is 8.17. The first kappa shape index (κ1) is 15.2. The third-order valence-corrected chi connectivity index (χ3v) is 0.999. The molecule has 6 heteroatoms. The summed E-state index contributed by atoms with van der Waals surface area (Å²) in [6.07, 6.45) is -0.954. The van der Waals surface area contributed by atoms with Crippen LogP contribution in [0, 0.1) is 0 Å². The topological polar surface area (TPSA) is 88.4 Å². The lowest BCUT2D eigenvalue weighted by molar-refractivity contribution is -0.252. The Bertz CT molecular complexity index is 75.5. The summed E-state index contributed by atoms with van der Waals surface area (Å²) in [5.74, 6) is 0. The van der Waals surface area contributed by atoms with Gasteiger partial charge in [0.2, 0.25) is 0 Å².